The van der Waals surface area contributed by atoms with Crippen molar-refractivity contribution < 1.29 is 4.79 Å². The van der Waals surface area contributed by atoms with E-state index in [4.69, 9.17) is 0 Å². The van der Waals surface area contributed by atoms with Crippen molar-refractivity contribution in [1.82, 2.24) is 0 Å². The van der Waals surface area contributed by atoms with Crippen LogP contribution in [0.3, 0.4) is 0 Å². The summed E-state index contributed by atoms with van der Waals surface area (Å²) in [7, 11) is 0. The van der Waals surface area contributed by atoms with E-state index >= 15 is 0 Å². The van der Waals surface area contributed by atoms with E-state index in [0.29, 0.717) is 0 Å². The molecule has 0 fully saturated rings. The van der Waals surface area contributed by atoms with Crippen molar-refractivity contribution in [3.8, 4) is 0 Å². The van der Waals surface area contributed by atoms with Crippen LogP contribution in [0.4, 0.5) is 0 Å². The van der Waals surface area contributed by atoms with Crippen LogP contribution in [0.5, 0.6) is 0 Å². The monoisotopic (exact) mass is 120 g/mol. The summed E-state index contributed by atoms with van der Waals surface area (Å²) >= 11 is 0. The Kier molecular flexibility index (Phi) is 1.66. The molecule has 1 rings (SSSR count). The van der Waals surface area contributed by atoms with Gasteiger partial charge in [-0.3, -0.25) is 0 Å². The number of allylic oxidation sites excluding steroid dienone is 5. The van der Waals surface area contributed by atoms with Crippen LogP contribution in [0.15, 0.2) is 29.4 Å². The van der Waals surface area contributed by atoms with Crippen LogP contribution in [0.25, 0.3) is 0 Å². The highest BCUT2D eigenvalue weighted by molar-refractivity contribution is 5.59. The average Bonchev–Trinajstić information content (AvgIpc) is 1.90. The van der Waals surface area contributed by atoms with Crippen LogP contribution in [-0.4, -0.2) is 5.94 Å². The minimum atomic E-state index is 0.737. The molecule has 0 saturated heterocycles. The number of carbonyl (C=O) groups excluding carboxylic acids is 1. The smallest absolute Gasteiger partial charge is 0.128 e. The number of rotatable bonds is 0. The predicted molar refractivity (Wildman–Crippen MR) is 36.7 cm³/mol. The van der Waals surface area contributed by atoms with Crippen LogP contribution in [0.1, 0.15) is 13.3 Å². The van der Waals surface area contributed by atoms with Gasteiger partial charge in [-0.15, -0.1) is 0 Å². The highest BCUT2D eigenvalue weighted by Crippen LogP contribution is 2.11. The van der Waals surface area contributed by atoms with Crippen molar-refractivity contribution in [1.29, 1.82) is 0 Å². The van der Waals surface area contributed by atoms with Gasteiger partial charge in [0.2, 0.25) is 0 Å². The Bertz CT molecular complexity index is 215. The second kappa shape index (κ2) is 2.47. The molecule has 0 atom stereocenters. The van der Waals surface area contributed by atoms with Crippen molar-refractivity contribution in [3.05, 3.63) is 29.4 Å². The molecule has 0 saturated carbocycles. The van der Waals surface area contributed by atoms with Gasteiger partial charge in [0.15, 0.2) is 0 Å². The van der Waals surface area contributed by atoms with Gasteiger partial charge in [-0.05, 0) is 13.0 Å². The van der Waals surface area contributed by atoms with Crippen molar-refractivity contribution >= 4 is 5.94 Å². The topological polar surface area (TPSA) is 17.1 Å². The molecule has 0 unspecified atom stereocenters. The standard InChI is InChI=1S/C8H8O/c1-7-2-4-8(6-9)5-3-7/h2-4H,5H2,1H3. The van der Waals surface area contributed by atoms with E-state index in [2.05, 4.69) is 0 Å². The zero-order valence-electron chi connectivity index (χ0n) is 5.35. The molecule has 0 heterocycles. The van der Waals surface area contributed by atoms with Gasteiger partial charge in [-0.2, -0.15) is 0 Å². The Morgan fingerprint density at radius 3 is 2.78 bits per heavy atom. The second-order valence-electron chi connectivity index (χ2n) is 2.11. The molecular formula is C8H8O. The van der Waals surface area contributed by atoms with Gasteiger partial charge in [0.1, 0.15) is 5.94 Å². The first-order chi connectivity index (χ1) is 4.33. The molecule has 0 radical (unpaired) electrons. The molecule has 1 aliphatic carbocycles. The third kappa shape index (κ3) is 1.41. The number of hydrogen-bond donors (Lipinski definition) is 0. The van der Waals surface area contributed by atoms with Crippen LogP contribution < -0.4 is 0 Å². The van der Waals surface area contributed by atoms with Crippen LogP contribution in [0.2, 0.25) is 0 Å². The van der Waals surface area contributed by atoms with E-state index in [1.54, 1.807) is 0 Å². The van der Waals surface area contributed by atoms with Gasteiger partial charge < -0.3 is 0 Å². The molecule has 1 heteroatoms. The quantitative estimate of drug-likeness (QED) is 0.444. The largest absolute Gasteiger partial charge is 0.233 e. The van der Waals surface area contributed by atoms with E-state index in [0.717, 1.165) is 12.0 Å². The van der Waals surface area contributed by atoms with E-state index in [-0.39, 0.29) is 0 Å². The summed E-state index contributed by atoms with van der Waals surface area (Å²) in [5, 5.41) is 0. The van der Waals surface area contributed by atoms with Gasteiger partial charge in [-0.25, -0.2) is 4.79 Å². The van der Waals surface area contributed by atoms with Crippen LogP contribution in [0, 0.1) is 0 Å². The molecule has 0 N–H and O–H groups in total. The minimum Gasteiger partial charge on any atom is -0.233 e. The van der Waals surface area contributed by atoms with Gasteiger partial charge in [-0.1, -0.05) is 17.7 Å². The van der Waals surface area contributed by atoms with Crippen molar-refractivity contribution in [2.75, 3.05) is 0 Å². The van der Waals surface area contributed by atoms with Crippen LogP contribution >= 0.6 is 0 Å². The Labute approximate surface area is 54.4 Å². The summed E-state index contributed by atoms with van der Waals surface area (Å²) in [5.41, 5.74) is 1.95. The fourth-order valence-electron chi connectivity index (χ4n) is 0.715. The lowest BCUT2D eigenvalue weighted by molar-refractivity contribution is 0.567. The first kappa shape index (κ1) is 6.06. The van der Waals surface area contributed by atoms with Crippen molar-refractivity contribution in [2.45, 2.75) is 13.3 Å². The Hall–Kier alpha value is -1.07. The molecule has 0 spiro atoms. The molecule has 0 bridgehead atoms. The average molecular weight is 120 g/mol. The van der Waals surface area contributed by atoms with Gasteiger partial charge in [0, 0.05) is 12.0 Å². The molecule has 1 nitrogen and oxygen atoms in total. The van der Waals surface area contributed by atoms with Crippen LogP contribution in [-0.2, 0) is 4.79 Å². The molecular weight excluding hydrogens is 112 g/mol. The molecule has 46 valence electrons. The highest BCUT2D eigenvalue weighted by atomic mass is 16.1. The maximum Gasteiger partial charge on any atom is 0.128 e. The summed E-state index contributed by atoms with van der Waals surface area (Å²) in [6, 6.07) is 0. The summed E-state index contributed by atoms with van der Waals surface area (Å²) in [4.78, 5) is 10.0. The molecule has 0 aromatic carbocycles. The molecule has 0 aromatic rings. The molecule has 0 aliphatic heterocycles. The summed E-state index contributed by atoms with van der Waals surface area (Å²) in [6.45, 7) is 2.01. The third-order valence-electron chi connectivity index (χ3n) is 1.32. The van der Waals surface area contributed by atoms with E-state index < -0.39 is 0 Å². The van der Waals surface area contributed by atoms with E-state index in [9.17, 15) is 4.79 Å². The lowest BCUT2D eigenvalue weighted by Crippen LogP contribution is -1.83. The third-order valence-corrected chi connectivity index (χ3v) is 1.32. The van der Waals surface area contributed by atoms with Crippen molar-refractivity contribution in [3.63, 3.8) is 0 Å². The molecule has 1 aliphatic rings. The Morgan fingerprint density at radius 1 is 1.56 bits per heavy atom. The lowest BCUT2D eigenvalue weighted by atomic mass is 10.1. The van der Waals surface area contributed by atoms with Gasteiger partial charge in [0.25, 0.3) is 0 Å². The normalized spacial score (nSPS) is 17.0. The fourth-order valence-corrected chi connectivity index (χ4v) is 0.715. The first-order valence-electron chi connectivity index (χ1n) is 2.92. The summed E-state index contributed by atoms with van der Waals surface area (Å²) in [5.74, 6) is 1.86. The van der Waals surface area contributed by atoms with Gasteiger partial charge >= 0.3 is 0 Å². The molecule has 0 amide bonds. The van der Waals surface area contributed by atoms with Crippen molar-refractivity contribution in [2.24, 2.45) is 0 Å². The second-order valence-corrected chi connectivity index (χ2v) is 2.11. The van der Waals surface area contributed by atoms with E-state index in [1.807, 2.05) is 31.1 Å². The maximum absolute atomic E-state index is 10.0. The van der Waals surface area contributed by atoms with E-state index in [1.165, 1.54) is 5.57 Å². The SMILES string of the molecule is CC1=CCC(=C=O)C=C1. The summed E-state index contributed by atoms with van der Waals surface area (Å²) in [6.07, 6.45) is 6.48. The minimum absolute atomic E-state index is 0.737. The zero-order valence-corrected chi connectivity index (χ0v) is 5.35. The fraction of sp³-hybridized carbons (Fsp3) is 0.250. The molecule has 9 heavy (non-hydrogen) atoms. The highest BCUT2D eigenvalue weighted by Gasteiger charge is 1.95. The Morgan fingerprint density at radius 2 is 2.33 bits per heavy atom. The predicted octanol–water partition coefficient (Wildman–Crippen LogP) is 1.65. The maximum atomic E-state index is 10.0. The Balaban J connectivity index is 2.81. The first-order valence-corrected chi connectivity index (χ1v) is 2.92. The zero-order chi connectivity index (χ0) is 6.69. The van der Waals surface area contributed by atoms with Gasteiger partial charge in [0.05, 0.1) is 0 Å². The number of hydrogen-bond acceptors (Lipinski definition) is 1. The lowest BCUT2D eigenvalue weighted by Gasteiger charge is -1.99. The summed E-state index contributed by atoms with van der Waals surface area (Å²) < 4.78 is 0. The molecule has 0 aromatic heterocycles.